The molecule has 5 rings (SSSR count). The van der Waals surface area contributed by atoms with Crippen molar-refractivity contribution >= 4 is 17.0 Å². The van der Waals surface area contributed by atoms with Gasteiger partial charge in [0.05, 0.1) is 24.2 Å². The summed E-state index contributed by atoms with van der Waals surface area (Å²) < 4.78 is 23.5. The minimum Gasteiger partial charge on any atom is -0.490 e. The molecule has 0 bridgehead atoms. The number of ether oxygens (including phenoxy) is 3. The van der Waals surface area contributed by atoms with E-state index < -0.39 is 0 Å². The Morgan fingerprint density at radius 3 is 2.56 bits per heavy atom. The number of fused-ring (bicyclic) bond motifs is 2. The normalized spacial score (nSPS) is 12.9. The van der Waals surface area contributed by atoms with Crippen LogP contribution in [-0.4, -0.2) is 13.2 Å². The summed E-state index contributed by atoms with van der Waals surface area (Å²) in [4.78, 5) is 13.4. The number of aryl methyl sites for hydroxylation is 1. The molecular weight excluding hydrogens is 428 g/mol. The van der Waals surface area contributed by atoms with E-state index in [0.717, 1.165) is 35.1 Å². The van der Waals surface area contributed by atoms with Gasteiger partial charge in [0.15, 0.2) is 11.5 Å². The number of rotatable bonds is 6. The third-order valence-corrected chi connectivity index (χ3v) is 6.00. The van der Waals surface area contributed by atoms with Gasteiger partial charge in [-0.05, 0) is 46.9 Å². The van der Waals surface area contributed by atoms with Crippen molar-refractivity contribution in [3.63, 3.8) is 0 Å². The summed E-state index contributed by atoms with van der Waals surface area (Å²) in [5.74, 6) is 2.06. The molecule has 0 spiro atoms. The van der Waals surface area contributed by atoms with Crippen LogP contribution in [0.3, 0.4) is 0 Å². The molecule has 5 nitrogen and oxygen atoms in total. The highest BCUT2D eigenvalue weighted by atomic mass is 16.5. The predicted octanol–water partition coefficient (Wildman–Crippen LogP) is 6.41. The second-order valence-electron chi connectivity index (χ2n) is 8.23. The van der Waals surface area contributed by atoms with Gasteiger partial charge in [-0.2, -0.15) is 0 Å². The first-order valence-corrected chi connectivity index (χ1v) is 11.5. The van der Waals surface area contributed by atoms with Crippen molar-refractivity contribution in [3.05, 3.63) is 94.4 Å². The maximum absolute atomic E-state index is 13.4. The summed E-state index contributed by atoms with van der Waals surface area (Å²) >= 11 is 0. The molecule has 3 aromatic carbocycles. The van der Waals surface area contributed by atoms with Crippen LogP contribution >= 0.6 is 0 Å². The Bertz CT molecular complexity index is 1400. The molecule has 5 heteroatoms. The molecule has 0 aliphatic carbocycles. The van der Waals surface area contributed by atoms with E-state index in [1.807, 2.05) is 67.6 Å². The third kappa shape index (κ3) is 4.29. The first kappa shape index (κ1) is 21.8. The van der Waals surface area contributed by atoms with E-state index in [1.165, 1.54) is 6.26 Å². The van der Waals surface area contributed by atoms with Gasteiger partial charge in [-0.1, -0.05) is 49.9 Å². The predicted molar refractivity (Wildman–Crippen MR) is 134 cm³/mol. The quantitative estimate of drug-likeness (QED) is 0.337. The standard InChI is InChI=1S/C29H26O5/c1-3-19-6-8-20(9-7-19)17-33-26-16-27-23(14-21(26)4-2)29(30)24(18-34-27)22-10-11-25-28(15-22)32-13-5-12-31-25/h3,6-11,14-16,18H,1,4-5,12-13,17H2,2H3. The smallest absolute Gasteiger partial charge is 0.200 e. The van der Waals surface area contributed by atoms with Crippen LogP contribution in [0.15, 0.2) is 76.7 Å². The lowest BCUT2D eigenvalue weighted by molar-refractivity contribution is 0.297. The molecular formula is C29H26O5. The number of hydrogen-bond acceptors (Lipinski definition) is 5. The van der Waals surface area contributed by atoms with Gasteiger partial charge in [-0.15, -0.1) is 0 Å². The average Bonchev–Trinajstić information content (AvgIpc) is 3.12. The lowest BCUT2D eigenvalue weighted by atomic mass is 10.0. The minimum atomic E-state index is -0.0861. The highest BCUT2D eigenvalue weighted by molar-refractivity contribution is 5.84. The SMILES string of the molecule is C=Cc1ccc(COc2cc3occ(-c4ccc5c(c4)OCCCO5)c(=O)c3cc2CC)cc1. The number of benzene rings is 3. The van der Waals surface area contributed by atoms with E-state index in [0.29, 0.717) is 53.6 Å². The fraction of sp³-hybridized carbons (Fsp3) is 0.207. The zero-order valence-corrected chi connectivity index (χ0v) is 19.1. The van der Waals surface area contributed by atoms with Crippen molar-refractivity contribution < 1.29 is 18.6 Å². The second kappa shape index (κ2) is 9.48. The van der Waals surface area contributed by atoms with Gasteiger partial charge in [0.25, 0.3) is 0 Å². The zero-order chi connectivity index (χ0) is 23.5. The van der Waals surface area contributed by atoms with E-state index in [2.05, 4.69) is 6.58 Å². The zero-order valence-electron chi connectivity index (χ0n) is 19.1. The summed E-state index contributed by atoms with van der Waals surface area (Å²) in [6.45, 7) is 7.46. The highest BCUT2D eigenvalue weighted by Crippen LogP contribution is 2.34. The van der Waals surface area contributed by atoms with Crippen molar-refractivity contribution in [2.24, 2.45) is 0 Å². The maximum atomic E-state index is 13.4. The molecule has 0 unspecified atom stereocenters. The summed E-state index contributed by atoms with van der Waals surface area (Å²) in [6.07, 6.45) is 4.87. The molecule has 0 radical (unpaired) electrons. The highest BCUT2D eigenvalue weighted by Gasteiger charge is 2.16. The van der Waals surface area contributed by atoms with Crippen LogP contribution in [0.1, 0.15) is 30.0 Å². The number of hydrogen-bond donors (Lipinski definition) is 0. The van der Waals surface area contributed by atoms with Gasteiger partial charge in [-0.25, -0.2) is 0 Å². The Labute approximate surface area is 198 Å². The fourth-order valence-electron chi connectivity index (χ4n) is 4.05. The summed E-state index contributed by atoms with van der Waals surface area (Å²) in [6, 6.07) is 17.3. The molecule has 0 amide bonds. The van der Waals surface area contributed by atoms with Crippen LogP contribution in [0.25, 0.3) is 28.2 Å². The van der Waals surface area contributed by atoms with Gasteiger partial charge in [-0.3, -0.25) is 4.79 Å². The van der Waals surface area contributed by atoms with Crippen molar-refractivity contribution in [2.45, 2.75) is 26.4 Å². The summed E-state index contributed by atoms with van der Waals surface area (Å²) in [5.41, 5.74) is 4.71. The molecule has 0 N–H and O–H groups in total. The molecule has 2 heterocycles. The molecule has 1 aliphatic heterocycles. The van der Waals surface area contributed by atoms with E-state index in [1.54, 1.807) is 0 Å². The maximum Gasteiger partial charge on any atom is 0.200 e. The Hall–Kier alpha value is -3.99. The average molecular weight is 455 g/mol. The van der Waals surface area contributed by atoms with Crippen LogP contribution in [0, 0.1) is 0 Å². The van der Waals surface area contributed by atoms with E-state index in [9.17, 15) is 4.79 Å². The monoisotopic (exact) mass is 454 g/mol. The Kier molecular flexibility index (Phi) is 6.09. The summed E-state index contributed by atoms with van der Waals surface area (Å²) in [7, 11) is 0. The van der Waals surface area contributed by atoms with Crippen LogP contribution in [0.5, 0.6) is 17.2 Å². The topological polar surface area (TPSA) is 57.9 Å². The van der Waals surface area contributed by atoms with Gasteiger partial charge in [0.1, 0.15) is 24.2 Å². The van der Waals surface area contributed by atoms with Crippen molar-refractivity contribution in [1.82, 2.24) is 0 Å². The second-order valence-corrected chi connectivity index (χ2v) is 8.23. The van der Waals surface area contributed by atoms with E-state index in [-0.39, 0.29) is 5.43 Å². The molecule has 4 aromatic rings. The first-order valence-electron chi connectivity index (χ1n) is 11.5. The van der Waals surface area contributed by atoms with Gasteiger partial charge < -0.3 is 18.6 Å². The van der Waals surface area contributed by atoms with Crippen LogP contribution in [0.4, 0.5) is 0 Å². The lowest BCUT2D eigenvalue weighted by Crippen LogP contribution is -2.07. The fourth-order valence-corrected chi connectivity index (χ4v) is 4.05. The van der Waals surface area contributed by atoms with Crippen LogP contribution in [-0.2, 0) is 13.0 Å². The van der Waals surface area contributed by atoms with Crippen LogP contribution < -0.4 is 19.6 Å². The van der Waals surface area contributed by atoms with Crippen molar-refractivity contribution in [3.8, 4) is 28.4 Å². The molecule has 0 fully saturated rings. The molecule has 1 aromatic heterocycles. The third-order valence-electron chi connectivity index (χ3n) is 6.00. The largest absolute Gasteiger partial charge is 0.490 e. The molecule has 34 heavy (non-hydrogen) atoms. The van der Waals surface area contributed by atoms with Crippen molar-refractivity contribution in [1.29, 1.82) is 0 Å². The van der Waals surface area contributed by atoms with Gasteiger partial charge >= 0.3 is 0 Å². The minimum absolute atomic E-state index is 0.0861. The van der Waals surface area contributed by atoms with Crippen molar-refractivity contribution in [2.75, 3.05) is 13.2 Å². The Morgan fingerprint density at radius 1 is 1.00 bits per heavy atom. The molecule has 172 valence electrons. The van der Waals surface area contributed by atoms with Gasteiger partial charge in [0.2, 0.25) is 5.43 Å². The molecule has 0 saturated heterocycles. The first-order chi connectivity index (χ1) is 16.7. The summed E-state index contributed by atoms with van der Waals surface area (Å²) in [5, 5.41) is 0.532. The van der Waals surface area contributed by atoms with Gasteiger partial charge in [0, 0.05) is 12.5 Å². The molecule has 1 aliphatic rings. The Balaban J connectivity index is 1.47. The Morgan fingerprint density at radius 2 is 1.79 bits per heavy atom. The van der Waals surface area contributed by atoms with Crippen LogP contribution in [0.2, 0.25) is 0 Å². The van der Waals surface area contributed by atoms with E-state index >= 15 is 0 Å². The van der Waals surface area contributed by atoms with E-state index in [4.69, 9.17) is 18.6 Å². The molecule has 0 atom stereocenters. The lowest BCUT2D eigenvalue weighted by Gasteiger charge is -2.13. The molecule has 0 saturated carbocycles.